The fourth-order valence-electron chi connectivity index (χ4n) is 1.42. The number of benzene rings is 1. The topological polar surface area (TPSA) is 43.1 Å². The molecule has 0 unspecified atom stereocenters. The Kier molecular flexibility index (Phi) is 3.06. The third-order valence-electron chi connectivity index (χ3n) is 2.36. The summed E-state index contributed by atoms with van der Waals surface area (Å²) >= 11 is 5.28. The Labute approximate surface area is 98.0 Å². The molecule has 0 bridgehead atoms. The van der Waals surface area contributed by atoms with Crippen LogP contribution in [0.1, 0.15) is 23.0 Å². The maximum absolute atomic E-state index is 10.8. The highest BCUT2D eigenvalue weighted by molar-refractivity contribution is 6.67. The minimum Gasteiger partial charge on any atom is -0.351 e. The zero-order chi connectivity index (χ0) is 11.5. The largest absolute Gasteiger partial charge is 0.351 e. The van der Waals surface area contributed by atoms with E-state index < -0.39 is 5.24 Å². The number of aryl methyl sites for hydroxylation is 1. The zero-order valence-electron chi connectivity index (χ0n) is 8.74. The van der Waals surface area contributed by atoms with E-state index in [1.165, 1.54) is 11.6 Å². The maximum Gasteiger partial charge on any atom is 0.290 e. The van der Waals surface area contributed by atoms with E-state index in [2.05, 4.69) is 12.1 Å². The fourth-order valence-corrected chi connectivity index (χ4v) is 1.50. The minimum absolute atomic E-state index is 0.0660. The van der Waals surface area contributed by atoms with E-state index >= 15 is 0 Å². The summed E-state index contributed by atoms with van der Waals surface area (Å²) in [5.41, 5.74) is 2.78. The molecule has 0 aliphatic carbocycles. The molecule has 1 aromatic heterocycles. The van der Waals surface area contributed by atoms with Gasteiger partial charge in [-0.05, 0) is 23.6 Å². The molecule has 1 aromatic carbocycles. The van der Waals surface area contributed by atoms with Gasteiger partial charge in [-0.2, -0.15) is 0 Å². The van der Waals surface area contributed by atoms with Crippen LogP contribution in [-0.4, -0.2) is 10.4 Å². The molecule has 0 radical (unpaired) electrons. The van der Waals surface area contributed by atoms with Gasteiger partial charge in [0, 0.05) is 11.6 Å². The van der Waals surface area contributed by atoms with Crippen LogP contribution in [-0.2, 0) is 6.42 Å². The molecule has 0 aliphatic rings. The zero-order valence-corrected chi connectivity index (χ0v) is 9.49. The summed E-state index contributed by atoms with van der Waals surface area (Å²) in [5.74, 6) is 0.0660. The second-order valence-electron chi connectivity index (χ2n) is 3.40. The normalized spacial score (nSPS) is 10.4. The lowest BCUT2D eigenvalue weighted by atomic mass is 10.1. The number of hydrogen-bond donors (Lipinski definition) is 0. The molecule has 0 saturated carbocycles. The first-order valence-electron chi connectivity index (χ1n) is 4.96. The second kappa shape index (κ2) is 4.49. The van der Waals surface area contributed by atoms with Crippen LogP contribution in [0.4, 0.5) is 0 Å². The Morgan fingerprint density at radius 1 is 1.38 bits per heavy atom. The average Bonchev–Trinajstić information content (AvgIpc) is 2.78. The Morgan fingerprint density at radius 2 is 2.06 bits per heavy atom. The van der Waals surface area contributed by atoms with E-state index in [4.69, 9.17) is 16.1 Å². The van der Waals surface area contributed by atoms with Crippen LogP contribution in [0.2, 0.25) is 0 Å². The van der Waals surface area contributed by atoms with E-state index in [1.54, 1.807) is 0 Å². The summed E-state index contributed by atoms with van der Waals surface area (Å²) < 4.78 is 4.81. The first-order chi connectivity index (χ1) is 7.70. The van der Waals surface area contributed by atoms with Crippen molar-refractivity contribution in [3.05, 3.63) is 41.7 Å². The number of nitrogens with zero attached hydrogens (tertiary/aromatic N) is 1. The lowest BCUT2D eigenvalue weighted by Crippen LogP contribution is -1.82. The van der Waals surface area contributed by atoms with E-state index in [9.17, 15) is 4.79 Å². The maximum atomic E-state index is 10.8. The summed E-state index contributed by atoms with van der Waals surface area (Å²) in [6.07, 6.45) is 0.991. The van der Waals surface area contributed by atoms with Crippen LogP contribution < -0.4 is 0 Å². The number of hydrogen-bond acceptors (Lipinski definition) is 3. The van der Waals surface area contributed by atoms with E-state index in [1.807, 2.05) is 24.3 Å². The number of aromatic nitrogens is 1. The fraction of sp³-hybridized carbons (Fsp3) is 0.167. The van der Waals surface area contributed by atoms with Gasteiger partial charge in [-0.1, -0.05) is 36.3 Å². The van der Waals surface area contributed by atoms with Gasteiger partial charge >= 0.3 is 0 Å². The van der Waals surface area contributed by atoms with Gasteiger partial charge in [-0.3, -0.25) is 4.79 Å². The van der Waals surface area contributed by atoms with Crippen molar-refractivity contribution in [3.8, 4) is 11.3 Å². The number of carbonyl (C=O) groups excluding carboxylic acids is 1. The molecule has 2 aromatic rings. The van der Waals surface area contributed by atoms with Gasteiger partial charge in [0.15, 0.2) is 0 Å². The highest BCUT2D eigenvalue weighted by Gasteiger charge is 2.11. The monoisotopic (exact) mass is 235 g/mol. The lowest BCUT2D eigenvalue weighted by molar-refractivity contribution is 0.104. The molecule has 82 valence electrons. The van der Waals surface area contributed by atoms with E-state index in [-0.39, 0.29) is 5.76 Å². The quantitative estimate of drug-likeness (QED) is 0.767. The average molecular weight is 236 g/mol. The smallest absolute Gasteiger partial charge is 0.290 e. The van der Waals surface area contributed by atoms with E-state index in [0.29, 0.717) is 5.69 Å². The Hall–Kier alpha value is -1.61. The van der Waals surface area contributed by atoms with Crippen molar-refractivity contribution in [2.45, 2.75) is 13.3 Å². The molecule has 16 heavy (non-hydrogen) atoms. The molecular weight excluding hydrogens is 226 g/mol. The van der Waals surface area contributed by atoms with Crippen LogP contribution in [0.25, 0.3) is 11.3 Å². The van der Waals surface area contributed by atoms with Gasteiger partial charge in [-0.15, -0.1) is 0 Å². The molecule has 0 atom stereocenters. The van der Waals surface area contributed by atoms with E-state index in [0.717, 1.165) is 12.0 Å². The molecule has 4 heteroatoms. The molecule has 1 heterocycles. The highest BCUT2D eigenvalue weighted by Crippen LogP contribution is 2.20. The first kappa shape index (κ1) is 10.9. The third kappa shape index (κ3) is 2.14. The number of halogens is 1. The van der Waals surface area contributed by atoms with Crippen LogP contribution >= 0.6 is 11.6 Å². The van der Waals surface area contributed by atoms with Gasteiger partial charge in [0.2, 0.25) is 5.76 Å². The molecule has 0 fully saturated rings. The number of rotatable bonds is 3. The van der Waals surface area contributed by atoms with Crippen molar-refractivity contribution in [3.63, 3.8) is 0 Å². The summed E-state index contributed by atoms with van der Waals surface area (Å²) in [7, 11) is 0. The van der Waals surface area contributed by atoms with Crippen molar-refractivity contribution in [2.24, 2.45) is 0 Å². The van der Waals surface area contributed by atoms with Gasteiger partial charge in [0.05, 0.1) is 0 Å². The first-order valence-corrected chi connectivity index (χ1v) is 5.34. The molecule has 0 N–H and O–H groups in total. The van der Waals surface area contributed by atoms with Crippen LogP contribution in [0.15, 0.2) is 34.9 Å². The minimum atomic E-state index is -0.635. The van der Waals surface area contributed by atoms with Crippen molar-refractivity contribution < 1.29 is 9.32 Å². The molecule has 0 amide bonds. The Balaban J connectivity index is 2.31. The predicted molar refractivity (Wildman–Crippen MR) is 61.5 cm³/mol. The standard InChI is InChI=1S/C12H10ClNO2/c1-2-8-3-5-9(6-4-8)10-7-11(12(13)15)16-14-10/h3-7H,2H2,1H3. The van der Waals surface area contributed by atoms with Gasteiger partial charge < -0.3 is 4.52 Å². The number of carbonyl (C=O) groups is 1. The van der Waals surface area contributed by atoms with Crippen LogP contribution in [0.5, 0.6) is 0 Å². The molecule has 0 aliphatic heterocycles. The molecular formula is C12H10ClNO2. The summed E-state index contributed by atoms with van der Waals surface area (Å²) in [6.45, 7) is 2.09. The lowest BCUT2D eigenvalue weighted by Gasteiger charge is -1.97. The predicted octanol–water partition coefficient (Wildman–Crippen LogP) is 3.28. The third-order valence-corrected chi connectivity index (χ3v) is 2.55. The van der Waals surface area contributed by atoms with Gasteiger partial charge in [0.25, 0.3) is 5.24 Å². The van der Waals surface area contributed by atoms with Gasteiger partial charge in [0.1, 0.15) is 5.69 Å². The van der Waals surface area contributed by atoms with Crippen molar-refractivity contribution in [2.75, 3.05) is 0 Å². The summed E-state index contributed by atoms with van der Waals surface area (Å²) in [6, 6.07) is 9.47. The molecule has 0 spiro atoms. The van der Waals surface area contributed by atoms with Crippen molar-refractivity contribution in [1.82, 2.24) is 5.16 Å². The van der Waals surface area contributed by atoms with Crippen LogP contribution in [0, 0.1) is 0 Å². The van der Waals surface area contributed by atoms with Crippen molar-refractivity contribution in [1.29, 1.82) is 0 Å². The summed E-state index contributed by atoms with van der Waals surface area (Å²) in [4.78, 5) is 10.8. The summed E-state index contributed by atoms with van der Waals surface area (Å²) in [5, 5.41) is 3.15. The highest BCUT2D eigenvalue weighted by atomic mass is 35.5. The second-order valence-corrected chi connectivity index (χ2v) is 3.74. The van der Waals surface area contributed by atoms with Crippen molar-refractivity contribution >= 4 is 16.8 Å². The molecule has 2 rings (SSSR count). The molecule has 0 saturated heterocycles. The Morgan fingerprint density at radius 3 is 2.56 bits per heavy atom. The van der Waals surface area contributed by atoms with Gasteiger partial charge in [-0.25, -0.2) is 0 Å². The Bertz CT molecular complexity index is 502. The van der Waals surface area contributed by atoms with Crippen LogP contribution in [0.3, 0.4) is 0 Å². The SMILES string of the molecule is CCc1ccc(-c2cc(C(=O)Cl)on2)cc1. The molecule has 3 nitrogen and oxygen atoms in total.